The van der Waals surface area contributed by atoms with Crippen molar-refractivity contribution in [3.63, 3.8) is 0 Å². The van der Waals surface area contributed by atoms with Crippen molar-refractivity contribution < 1.29 is 14.2 Å². The molecule has 92 valence electrons. The number of methoxy groups -OCH3 is 3. The molecule has 17 heavy (non-hydrogen) atoms. The second-order valence-electron chi connectivity index (χ2n) is 4.80. The summed E-state index contributed by atoms with van der Waals surface area (Å²) in [5, 5.41) is 0. The quantitative estimate of drug-likeness (QED) is 0.859. The van der Waals surface area contributed by atoms with Gasteiger partial charge < -0.3 is 19.9 Å². The lowest BCUT2D eigenvalue weighted by Gasteiger charge is -2.21. The summed E-state index contributed by atoms with van der Waals surface area (Å²) in [4.78, 5) is 0. The first-order valence-corrected chi connectivity index (χ1v) is 5.76. The van der Waals surface area contributed by atoms with Gasteiger partial charge in [-0.15, -0.1) is 0 Å². The van der Waals surface area contributed by atoms with Crippen LogP contribution in [-0.4, -0.2) is 21.3 Å². The summed E-state index contributed by atoms with van der Waals surface area (Å²) in [5.74, 6) is 3.29. The van der Waals surface area contributed by atoms with E-state index in [2.05, 4.69) is 0 Å². The molecular weight excluding hydrogens is 218 g/mol. The van der Waals surface area contributed by atoms with Crippen LogP contribution < -0.4 is 19.9 Å². The molecule has 2 atom stereocenters. The van der Waals surface area contributed by atoms with E-state index < -0.39 is 0 Å². The Balaban J connectivity index is 2.06. The van der Waals surface area contributed by atoms with E-state index in [0.717, 1.165) is 5.56 Å². The highest BCUT2D eigenvalue weighted by atomic mass is 16.5. The Labute approximate surface area is 101 Å². The molecule has 2 unspecified atom stereocenters. The summed E-state index contributed by atoms with van der Waals surface area (Å²) in [5.41, 5.74) is 7.29. The molecule has 0 radical (unpaired) electrons. The zero-order chi connectivity index (χ0) is 12.2. The van der Waals surface area contributed by atoms with E-state index in [0.29, 0.717) is 29.1 Å². The lowest BCUT2D eigenvalue weighted by atomic mass is 9.95. The fourth-order valence-electron chi connectivity index (χ4n) is 2.75. The molecule has 3 rings (SSSR count). The third-order valence-electron chi connectivity index (χ3n) is 4.07. The van der Waals surface area contributed by atoms with Gasteiger partial charge in [0.05, 0.1) is 21.3 Å². The minimum atomic E-state index is -0.146. The minimum Gasteiger partial charge on any atom is -0.493 e. The van der Waals surface area contributed by atoms with E-state index in [1.165, 1.54) is 6.42 Å². The zero-order valence-electron chi connectivity index (χ0n) is 10.3. The molecule has 2 fully saturated rings. The first-order chi connectivity index (χ1) is 8.16. The molecule has 2 N–H and O–H groups in total. The van der Waals surface area contributed by atoms with Gasteiger partial charge in [-0.05, 0) is 36.0 Å². The molecule has 0 bridgehead atoms. The van der Waals surface area contributed by atoms with Gasteiger partial charge in [-0.3, -0.25) is 0 Å². The number of hydrogen-bond acceptors (Lipinski definition) is 4. The summed E-state index contributed by atoms with van der Waals surface area (Å²) in [7, 11) is 4.85. The maximum atomic E-state index is 6.35. The molecule has 4 nitrogen and oxygen atoms in total. The Morgan fingerprint density at radius 2 is 1.59 bits per heavy atom. The molecule has 0 amide bonds. The van der Waals surface area contributed by atoms with Crippen molar-refractivity contribution in [3.05, 3.63) is 17.7 Å². The second kappa shape index (κ2) is 3.29. The lowest BCUT2D eigenvalue weighted by molar-refractivity contribution is 0.322. The largest absolute Gasteiger partial charge is 0.493 e. The molecule has 2 aliphatic rings. The highest BCUT2D eigenvalue weighted by Gasteiger charge is 2.75. The lowest BCUT2D eigenvalue weighted by Crippen LogP contribution is -2.28. The average Bonchev–Trinajstić information content (AvgIpc) is 3.26. The highest BCUT2D eigenvalue weighted by molar-refractivity contribution is 5.58. The Kier molecular flexibility index (Phi) is 2.08. The third kappa shape index (κ3) is 1.27. The van der Waals surface area contributed by atoms with Gasteiger partial charge in [0.2, 0.25) is 5.75 Å². The van der Waals surface area contributed by atoms with Crippen LogP contribution >= 0.6 is 0 Å². The Morgan fingerprint density at radius 3 is 1.88 bits per heavy atom. The van der Waals surface area contributed by atoms with Crippen LogP contribution in [0.2, 0.25) is 0 Å². The zero-order valence-corrected chi connectivity index (χ0v) is 10.3. The van der Waals surface area contributed by atoms with Crippen LogP contribution in [0, 0.1) is 11.8 Å². The monoisotopic (exact) mass is 235 g/mol. The van der Waals surface area contributed by atoms with Gasteiger partial charge in [0.1, 0.15) is 0 Å². The van der Waals surface area contributed by atoms with Gasteiger partial charge in [-0.25, -0.2) is 0 Å². The molecule has 2 aliphatic carbocycles. The smallest absolute Gasteiger partial charge is 0.203 e. The molecule has 0 aliphatic heterocycles. The second-order valence-corrected chi connectivity index (χ2v) is 4.80. The van der Waals surface area contributed by atoms with Crippen LogP contribution in [0.25, 0.3) is 0 Å². The molecular formula is C13H17NO3. The van der Waals surface area contributed by atoms with Crippen LogP contribution in [0.3, 0.4) is 0 Å². The first kappa shape index (κ1) is 10.7. The molecule has 0 aromatic heterocycles. The number of nitrogens with two attached hydrogens (primary N) is 1. The fourth-order valence-corrected chi connectivity index (χ4v) is 2.75. The van der Waals surface area contributed by atoms with Crippen LogP contribution in [-0.2, 0) is 5.54 Å². The van der Waals surface area contributed by atoms with Crippen molar-refractivity contribution in [2.75, 3.05) is 21.3 Å². The van der Waals surface area contributed by atoms with Gasteiger partial charge >= 0.3 is 0 Å². The van der Waals surface area contributed by atoms with Gasteiger partial charge in [0, 0.05) is 5.54 Å². The van der Waals surface area contributed by atoms with Gasteiger partial charge in [-0.2, -0.15) is 0 Å². The Morgan fingerprint density at radius 1 is 1.06 bits per heavy atom. The van der Waals surface area contributed by atoms with Crippen molar-refractivity contribution in [1.82, 2.24) is 0 Å². The molecule has 0 spiro atoms. The summed E-state index contributed by atoms with van der Waals surface area (Å²) in [6.45, 7) is 0. The van der Waals surface area contributed by atoms with Crippen molar-refractivity contribution in [1.29, 1.82) is 0 Å². The van der Waals surface area contributed by atoms with E-state index in [-0.39, 0.29) is 5.54 Å². The summed E-state index contributed by atoms with van der Waals surface area (Å²) in [6, 6.07) is 3.93. The molecule has 1 aromatic carbocycles. The van der Waals surface area contributed by atoms with Crippen LogP contribution in [0.15, 0.2) is 12.1 Å². The summed E-state index contributed by atoms with van der Waals surface area (Å²) < 4.78 is 16.0. The van der Waals surface area contributed by atoms with E-state index >= 15 is 0 Å². The third-order valence-corrected chi connectivity index (χ3v) is 4.07. The predicted octanol–water partition coefficient (Wildman–Crippen LogP) is 1.52. The molecule has 1 aromatic rings. The van der Waals surface area contributed by atoms with Gasteiger partial charge in [-0.1, -0.05) is 0 Å². The molecule has 4 heteroatoms. The Bertz CT molecular complexity index is 439. The number of fused-ring (bicyclic) bond motifs is 1. The Hall–Kier alpha value is -1.42. The fraction of sp³-hybridized carbons (Fsp3) is 0.538. The van der Waals surface area contributed by atoms with Crippen molar-refractivity contribution in [2.45, 2.75) is 12.0 Å². The van der Waals surface area contributed by atoms with Crippen LogP contribution in [0.4, 0.5) is 0 Å². The van der Waals surface area contributed by atoms with Crippen LogP contribution in [0.1, 0.15) is 12.0 Å². The average molecular weight is 235 g/mol. The standard InChI is InChI=1S/C13H17NO3/c1-15-10-4-7(13(14)8-6-9(8)13)5-11(16-2)12(10)17-3/h4-5,8-9H,6,14H2,1-3H3. The first-order valence-electron chi connectivity index (χ1n) is 5.76. The highest BCUT2D eigenvalue weighted by Crippen LogP contribution is 2.75. The summed E-state index contributed by atoms with van der Waals surface area (Å²) >= 11 is 0. The van der Waals surface area contributed by atoms with Crippen molar-refractivity contribution in [3.8, 4) is 17.2 Å². The van der Waals surface area contributed by atoms with Gasteiger partial charge in [0.15, 0.2) is 11.5 Å². The van der Waals surface area contributed by atoms with Gasteiger partial charge in [0.25, 0.3) is 0 Å². The summed E-state index contributed by atoms with van der Waals surface area (Å²) in [6.07, 6.45) is 1.26. The van der Waals surface area contributed by atoms with Crippen molar-refractivity contribution in [2.24, 2.45) is 17.6 Å². The topological polar surface area (TPSA) is 53.7 Å². The van der Waals surface area contributed by atoms with Crippen molar-refractivity contribution >= 4 is 0 Å². The minimum absolute atomic E-state index is 0.146. The van der Waals surface area contributed by atoms with E-state index in [9.17, 15) is 0 Å². The van der Waals surface area contributed by atoms with Crippen LogP contribution in [0.5, 0.6) is 17.2 Å². The van der Waals surface area contributed by atoms with E-state index in [4.69, 9.17) is 19.9 Å². The molecule has 0 saturated heterocycles. The maximum Gasteiger partial charge on any atom is 0.203 e. The normalized spacial score (nSPS) is 32.7. The molecule has 2 saturated carbocycles. The predicted molar refractivity (Wildman–Crippen MR) is 63.6 cm³/mol. The van der Waals surface area contributed by atoms with E-state index in [1.54, 1.807) is 21.3 Å². The SMILES string of the molecule is COc1cc(C2(N)C3CC32)cc(OC)c1OC. The number of hydrogen-bond donors (Lipinski definition) is 1. The number of benzene rings is 1. The molecule has 0 heterocycles. The number of ether oxygens (including phenoxy) is 3. The van der Waals surface area contributed by atoms with E-state index in [1.807, 2.05) is 12.1 Å². The number of rotatable bonds is 4. The maximum absolute atomic E-state index is 6.35.